The van der Waals surface area contributed by atoms with Gasteiger partial charge in [-0.25, -0.2) is 0 Å². The van der Waals surface area contributed by atoms with E-state index in [1.54, 1.807) is 0 Å². The highest BCUT2D eigenvalue weighted by Gasteiger charge is 2.35. The summed E-state index contributed by atoms with van der Waals surface area (Å²) in [6.45, 7) is 5.63. The Bertz CT molecular complexity index is 406. The van der Waals surface area contributed by atoms with Crippen LogP contribution in [0.5, 0.6) is 0 Å². The molecule has 2 fully saturated rings. The molecule has 1 aromatic rings. The van der Waals surface area contributed by atoms with Crippen molar-refractivity contribution in [1.82, 2.24) is 15.1 Å². The quantitative estimate of drug-likeness (QED) is 0.837. The summed E-state index contributed by atoms with van der Waals surface area (Å²) >= 11 is 0. The summed E-state index contributed by atoms with van der Waals surface area (Å²) in [6.07, 6.45) is 7.62. The summed E-state index contributed by atoms with van der Waals surface area (Å²) in [5.74, 6) is 0.806. The lowest BCUT2D eigenvalue weighted by molar-refractivity contribution is 0.159. The Morgan fingerprint density at radius 1 is 1.22 bits per heavy atom. The van der Waals surface area contributed by atoms with Crippen LogP contribution in [0, 0.1) is 5.92 Å². The number of hydrogen-bond donors (Lipinski definition) is 1. The van der Waals surface area contributed by atoms with Crippen molar-refractivity contribution in [2.45, 2.75) is 64.5 Å². The minimum Gasteiger partial charge on any atom is -0.314 e. The van der Waals surface area contributed by atoms with E-state index in [1.165, 1.54) is 43.6 Å². The average Bonchev–Trinajstić information content (AvgIpc) is 3.08. The molecule has 0 radical (unpaired) electrons. The van der Waals surface area contributed by atoms with Crippen LogP contribution in [0.25, 0.3) is 0 Å². The maximum Gasteiger partial charge on any atom is 0.0624 e. The van der Waals surface area contributed by atoms with E-state index in [0.717, 1.165) is 24.8 Å². The third-order valence-corrected chi connectivity index (χ3v) is 4.53. The Morgan fingerprint density at radius 3 is 2.61 bits per heavy atom. The Morgan fingerprint density at radius 2 is 2.06 bits per heavy atom. The van der Waals surface area contributed by atoms with E-state index in [2.05, 4.69) is 29.9 Å². The van der Waals surface area contributed by atoms with Gasteiger partial charge in [-0.1, -0.05) is 13.8 Å². The summed E-state index contributed by atoms with van der Waals surface area (Å²) in [4.78, 5) is 0. The predicted molar refractivity (Wildman–Crippen MR) is 73.8 cm³/mol. The molecule has 3 nitrogen and oxygen atoms in total. The van der Waals surface area contributed by atoms with E-state index in [9.17, 15) is 0 Å². The maximum absolute atomic E-state index is 4.80. The molecule has 1 heterocycles. The normalized spacial score (nSPS) is 27.2. The second kappa shape index (κ2) is 5.04. The topological polar surface area (TPSA) is 29.9 Å². The largest absolute Gasteiger partial charge is 0.314 e. The first kappa shape index (κ1) is 12.2. The number of rotatable bonds is 6. The molecule has 100 valence electrons. The van der Waals surface area contributed by atoms with E-state index in [0.29, 0.717) is 6.04 Å². The molecule has 0 spiro atoms. The molecular formula is C15H25N3. The van der Waals surface area contributed by atoms with Gasteiger partial charge in [0.25, 0.3) is 0 Å². The van der Waals surface area contributed by atoms with Crippen LogP contribution in [-0.2, 0) is 12.8 Å². The molecule has 2 unspecified atom stereocenters. The fourth-order valence-corrected chi connectivity index (χ4v) is 2.93. The predicted octanol–water partition coefficient (Wildman–Crippen LogP) is 2.71. The second-order valence-corrected chi connectivity index (χ2v) is 5.87. The van der Waals surface area contributed by atoms with Gasteiger partial charge in [-0.15, -0.1) is 0 Å². The van der Waals surface area contributed by atoms with Crippen LogP contribution < -0.4 is 5.32 Å². The number of aryl methyl sites for hydroxylation is 2. The molecule has 0 aromatic carbocycles. The van der Waals surface area contributed by atoms with Crippen LogP contribution in [0.15, 0.2) is 6.07 Å². The van der Waals surface area contributed by atoms with Crippen molar-refractivity contribution in [3.8, 4) is 0 Å². The number of aromatic nitrogens is 2. The van der Waals surface area contributed by atoms with E-state index >= 15 is 0 Å². The van der Waals surface area contributed by atoms with Crippen molar-refractivity contribution in [2.75, 3.05) is 6.54 Å². The third kappa shape index (κ3) is 2.33. The van der Waals surface area contributed by atoms with Gasteiger partial charge in [-0.2, -0.15) is 5.10 Å². The first-order chi connectivity index (χ1) is 8.81. The molecule has 2 aliphatic carbocycles. The SMILES string of the molecule is CCc1cc(CC)n(C2CCC2CNC2CC2)n1. The highest BCUT2D eigenvalue weighted by molar-refractivity contribution is 5.12. The number of nitrogens with one attached hydrogen (secondary N) is 1. The smallest absolute Gasteiger partial charge is 0.0624 e. The second-order valence-electron chi connectivity index (χ2n) is 5.87. The van der Waals surface area contributed by atoms with Gasteiger partial charge in [0.15, 0.2) is 0 Å². The molecule has 3 rings (SSSR count). The molecule has 1 N–H and O–H groups in total. The number of hydrogen-bond acceptors (Lipinski definition) is 2. The standard InChI is InChI=1S/C15H25N3/c1-3-12-9-14(4-2)18(17-12)15-8-5-11(15)10-16-13-6-7-13/h9,11,13,15-16H,3-8,10H2,1-2H3. The lowest BCUT2D eigenvalue weighted by Crippen LogP contribution is -2.38. The molecule has 0 bridgehead atoms. The molecule has 2 atom stereocenters. The molecule has 2 aliphatic rings. The summed E-state index contributed by atoms with van der Waals surface area (Å²) in [5, 5.41) is 8.48. The lowest BCUT2D eigenvalue weighted by atomic mass is 9.79. The van der Waals surface area contributed by atoms with Crippen molar-refractivity contribution in [2.24, 2.45) is 5.92 Å². The zero-order chi connectivity index (χ0) is 12.5. The Kier molecular flexibility index (Phi) is 3.42. The fraction of sp³-hybridized carbons (Fsp3) is 0.800. The zero-order valence-electron chi connectivity index (χ0n) is 11.7. The first-order valence-electron chi connectivity index (χ1n) is 7.62. The third-order valence-electron chi connectivity index (χ3n) is 4.53. The lowest BCUT2D eigenvalue weighted by Gasteiger charge is -2.38. The van der Waals surface area contributed by atoms with Crippen LogP contribution in [0.1, 0.15) is 57.0 Å². The molecule has 0 amide bonds. The van der Waals surface area contributed by atoms with Crippen molar-refractivity contribution in [3.63, 3.8) is 0 Å². The average molecular weight is 247 g/mol. The van der Waals surface area contributed by atoms with Gasteiger partial charge < -0.3 is 5.32 Å². The molecule has 0 aliphatic heterocycles. The maximum atomic E-state index is 4.80. The Hall–Kier alpha value is -0.830. The molecule has 2 saturated carbocycles. The zero-order valence-corrected chi connectivity index (χ0v) is 11.7. The minimum absolute atomic E-state index is 0.659. The van der Waals surface area contributed by atoms with Crippen LogP contribution in [-0.4, -0.2) is 22.4 Å². The van der Waals surface area contributed by atoms with E-state index < -0.39 is 0 Å². The fourth-order valence-electron chi connectivity index (χ4n) is 2.93. The molecule has 0 saturated heterocycles. The van der Waals surface area contributed by atoms with Gasteiger partial charge in [0.1, 0.15) is 0 Å². The van der Waals surface area contributed by atoms with Gasteiger partial charge in [0, 0.05) is 18.3 Å². The summed E-state index contributed by atoms with van der Waals surface area (Å²) in [5.41, 5.74) is 2.68. The van der Waals surface area contributed by atoms with Crippen LogP contribution in [0.3, 0.4) is 0 Å². The molecular weight excluding hydrogens is 222 g/mol. The van der Waals surface area contributed by atoms with Crippen LogP contribution in [0.4, 0.5) is 0 Å². The Labute approximate surface area is 110 Å². The summed E-state index contributed by atoms with van der Waals surface area (Å²) in [6, 6.07) is 3.79. The monoisotopic (exact) mass is 247 g/mol. The van der Waals surface area contributed by atoms with Crippen molar-refractivity contribution < 1.29 is 0 Å². The number of nitrogens with zero attached hydrogens (tertiary/aromatic N) is 2. The van der Waals surface area contributed by atoms with Crippen LogP contribution in [0.2, 0.25) is 0 Å². The molecule has 3 heteroatoms. The first-order valence-corrected chi connectivity index (χ1v) is 7.62. The van der Waals surface area contributed by atoms with E-state index in [1.807, 2.05) is 0 Å². The minimum atomic E-state index is 0.659. The molecule has 18 heavy (non-hydrogen) atoms. The van der Waals surface area contributed by atoms with Gasteiger partial charge in [-0.05, 0) is 50.5 Å². The van der Waals surface area contributed by atoms with Gasteiger partial charge >= 0.3 is 0 Å². The van der Waals surface area contributed by atoms with Crippen molar-refractivity contribution in [3.05, 3.63) is 17.5 Å². The highest BCUT2D eigenvalue weighted by atomic mass is 15.3. The van der Waals surface area contributed by atoms with E-state index in [4.69, 9.17) is 5.10 Å². The van der Waals surface area contributed by atoms with Gasteiger partial charge in [0.2, 0.25) is 0 Å². The van der Waals surface area contributed by atoms with Crippen molar-refractivity contribution in [1.29, 1.82) is 0 Å². The van der Waals surface area contributed by atoms with Crippen LogP contribution >= 0.6 is 0 Å². The van der Waals surface area contributed by atoms with Gasteiger partial charge in [-0.3, -0.25) is 4.68 Å². The summed E-state index contributed by atoms with van der Waals surface area (Å²) in [7, 11) is 0. The summed E-state index contributed by atoms with van der Waals surface area (Å²) < 4.78 is 2.33. The Balaban J connectivity index is 1.66. The molecule has 1 aromatic heterocycles. The highest BCUT2D eigenvalue weighted by Crippen LogP contribution is 2.39. The van der Waals surface area contributed by atoms with E-state index in [-0.39, 0.29) is 0 Å². The van der Waals surface area contributed by atoms with Crippen molar-refractivity contribution >= 4 is 0 Å². The van der Waals surface area contributed by atoms with Gasteiger partial charge in [0.05, 0.1) is 11.7 Å².